The molecule has 0 bridgehead atoms. The first-order valence-electron chi connectivity index (χ1n) is 9.84. The van der Waals surface area contributed by atoms with E-state index in [1.54, 1.807) is 0 Å². The Morgan fingerprint density at radius 3 is 2.23 bits per heavy atom. The van der Waals surface area contributed by atoms with Crippen LogP contribution in [0.5, 0.6) is 0 Å². The summed E-state index contributed by atoms with van der Waals surface area (Å²) in [4.78, 5) is 26.1. The van der Waals surface area contributed by atoms with Gasteiger partial charge in [-0.15, -0.1) is 0 Å². The molecule has 1 aliphatic heterocycles. The van der Waals surface area contributed by atoms with Crippen molar-refractivity contribution in [3.63, 3.8) is 0 Å². The van der Waals surface area contributed by atoms with E-state index in [0.717, 1.165) is 12.1 Å². The molecule has 1 aromatic rings. The second kappa shape index (κ2) is 8.54. The van der Waals surface area contributed by atoms with Crippen molar-refractivity contribution < 1.29 is 36.1 Å². The number of hydrogen-bond donors (Lipinski definition) is 0. The predicted octanol–water partition coefficient (Wildman–Crippen LogP) is 4.63. The van der Waals surface area contributed by atoms with Crippen molar-refractivity contribution in [1.29, 1.82) is 0 Å². The molecule has 2 unspecified atom stereocenters. The smallest absolute Gasteiger partial charge is 0.362 e. The van der Waals surface area contributed by atoms with E-state index in [9.17, 15) is 41.3 Å². The van der Waals surface area contributed by atoms with Crippen molar-refractivity contribution >= 4 is 17.3 Å². The van der Waals surface area contributed by atoms with Crippen molar-refractivity contribution in [3.8, 4) is 0 Å². The average Bonchev–Trinajstić information content (AvgIpc) is 2.71. The molecule has 3 rings (SSSR count). The maximum absolute atomic E-state index is 13.0. The number of nitro groups is 1. The molecule has 12 heteroatoms. The number of carbonyl (C=O) groups is 1. The lowest BCUT2D eigenvalue weighted by molar-refractivity contribution is -0.384. The lowest BCUT2D eigenvalue weighted by atomic mass is 9.80. The van der Waals surface area contributed by atoms with E-state index in [1.165, 1.54) is 9.80 Å². The summed E-state index contributed by atoms with van der Waals surface area (Å²) in [6.45, 7) is 0.523. The molecule has 1 saturated carbocycles. The van der Waals surface area contributed by atoms with E-state index in [2.05, 4.69) is 0 Å². The summed E-state index contributed by atoms with van der Waals surface area (Å²) in [6.07, 6.45) is -8.58. The zero-order valence-electron chi connectivity index (χ0n) is 16.4. The molecule has 1 amide bonds. The van der Waals surface area contributed by atoms with Crippen LogP contribution in [0.1, 0.15) is 31.2 Å². The Labute approximate surface area is 173 Å². The highest BCUT2D eigenvalue weighted by Crippen LogP contribution is 2.41. The number of nitro benzene ring substituents is 1. The van der Waals surface area contributed by atoms with Gasteiger partial charge in [0.15, 0.2) is 0 Å². The van der Waals surface area contributed by atoms with Gasteiger partial charge in [-0.25, -0.2) is 0 Å². The molecular formula is C19H21F6N3O3. The number of halogens is 6. The summed E-state index contributed by atoms with van der Waals surface area (Å²) < 4.78 is 77.6. The van der Waals surface area contributed by atoms with Crippen LogP contribution in [-0.4, -0.2) is 48.1 Å². The fourth-order valence-corrected chi connectivity index (χ4v) is 4.25. The number of rotatable bonds is 3. The first-order chi connectivity index (χ1) is 14.4. The van der Waals surface area contributed by atoms with Gasteiger partial charge >= 0.3 is 12.4 Å². The second-order valence-corrected chi connectivity index (χ2v) is 7.87. The number of piperazine rings is 1. The fraction of sp³-hybridized carbons (Fsp3) is 0.632. The van der Waals surface area contributed by atoms with Crippen LogP contribution < -0.4 is 4.90 Å². The zero-order valence-corrected chi connectivity index (χ0v) is 16.4. The Bertz CT molecular complexity index is 834. The summed E-state index contributed by atoms with van der Waals surface area (Å²) in [6, 6.07) is 2.28. The van der Waals surface area contributed by atoms with Crippen LogP contribution in [0, 0.1) is 22.0 Å². The molecule has 172 valence electrons. The van der Waals surface area contributed by atoms with E-state index in [1.807, 2.05) is 0 Å². The first kappa shape index (κ1) is 23.1. The van der Waals surface area contributed by atoms with Gasteiger partial charge in [-0.3, -0.25) is 14.9 Å². The third kappa shape index (κ3) is 5.21. The molecule has 1 heterocycles. The molecule has 2 fully saturated rings. The summed E-state index contributed by atoms with van der Waals surface area (Å²) in [7, 11) is 0. The molecule has 31 heavy (non-hydrogen) atoms. The minimum Gasteiger partial charge on any atom is -0.362 e. The number of nitrogens with zero attached hydrogens (tertiary/aromatic N) is 3. The van der Waals surface area contributed by atoms with E-state index in [4.69, 9.17) is 0 Å². The molecule has 0 aromatic heterocycles. The summed E-state index contributed by atoms with van der Waals surface area (Å²) in [5.41, 5.74) is -1.80. The third-order valence-electron chi connectivity index (χ3n) is 5.92. The van der Waals surface area contributed by atoms with Gasteiger partial charge in [0.05, 0.1) is 16.4 Å². The minimum absolute atomic E-state index is 0.0125. The van der Waals surface area contributed by atoms with Crippen molar-refractivity contribution in [2.45, 2.75) is 38.0 Å². The molecule has 1 aromatic carbocycles. The fourth-order valence-electron chi connectivity index (χ4n) is 4.25. The summed E-state index contributed by atoms with van der Waals surface area (Å²) in [5.74, 6) is -2.57. The number of benzene rings is 1. The van der Waals surface area contributed by atoms with Crippen LogP contribution in [0.25, 0.3) is 0 Å². The quantitative estimate of drug-likeness (QED) is 0.380. The van der Waals surface area contributed by atoms with E-state index < -0.39 is 40.4 Å². The van der Waals surface area contributed by atoms with Gasteiger partial charge < -0.3 is 9.80 Å². The SMILES string of the molecule is O=C(C1CCCC(C(F)(F)F)C1)N1CCN(c2ccc(C(F)(F)F)cc2[N+](=O)[O-])CC1. The van der Waals surface area contributed by atoms with Gasteiger partial charge in [-0.2, -0.15) is 26.3 Å². The lowest BCUT2D eigenvalue weighted by Crippen LogP contribution is -2.51. The van der Waals surface area contributed by atoms with Crippen molar-refractivity contribution in [2.24, 2.45) is 11.8 Å². The monoisotopic (exact) mass is 453 g/mol. The minimum atomic E-state index is -4.72. The van der Waals surface area contributed by atoms with Gasteiger partial charge in [-0.1, -0.05) is 6.42 Å². The highest BCUT2D eigenvalue weighted by molar-refractivity contribution is 5.79. The molecule has 2 atom stereocenters. The maximum Gasteiger partial charge on any atom is 0.416 e. The van der Waals surface area contributed by atoms with Crippen LogP contribution >= 0.6 is 0 Å². The Hall–Kier alpha value is -2.53. The Morgan fingerprint density at radius 2 is 1.68 bits per heavy atom. The summed E-state index contributed by atoms with van der Waals surface area (Å²) in [5, 5.41) is 11.3. The van der Waals surface area contributed by atoms with Gasteiger partial charge in [-0.05, 0) is 31.4 Å². The van der Waals surface area contributed by atoms with Crippen LogP contribution in [-0.2, 0) is 11.0 Å². The Morgan fingerprint density at radius 1 is 1.03 bits per heavy atom. The number of carbonyl (C=O) groups excluding carboxylic acids is 1. The van der Waals surface area contributed by atoms with Crippen molar-refractivity contribution in [3.05, 3.63) is 33.9 Å². The number of anilines is 1. The lowest BCUT2D eigenvalue weighted by Gasteiger charge is -2.39. The van der Waals surface area contributed by atoms with Gasteiger partial charge in [0.1, 0.15) is 5.69 Å². The van der Waals surface area contributed by atoms with Crippen LogP contribution in [0.15, 0.2) is 18.2 Å². The zero-order chi connectivity index (χ0) is 23.0. The molecule has 1 aliphatic carbocycles. The van der Waals surface area contributed by atoms with Gasteiger partial charge in [0, 0.05) is 38.2 Å². The van der Waals surface area contributed by atoms with Crippen LogP contribution in [0.4, 0.5) is 37.7 Å². The van der Waals surface area contributed by atoms with Gasteiger partial charge in [0.25, 0.3) is 5.69 Å². The average molecular weight is 453 g/mol. The molecule has 6 nitrogen and oxygen atoms in total. The van der Waals surface area contributed by atoms with E-state index in [0.29, 0.717) is 18.9 Å². The van der Waals surface area contributed by atoms with E-state index >= 15 is 0 Å². The first-order valence-corrected chi connectivity index (χ1v) is 9.84. The molecule has 0 N–H and O–H groups in total. The largest absolute Gasteiger partial charge is 0.416 e. The molecule has 1 saturated heterocycles. The third-order valence-corrected chi connectivity index (χ3v) is 5.92. The van der Waals surface area contributed by atoms with Crippen LogP contribution in [0.3, 0.4) is 0 Å². The Balaban J connectivity index is 1.67. The highest BCUT2D eigenvalue weighted by Gasteiger charge is 2.44. The maximum atomic E-state index is 13.0. The number of hydrogen-bond acceptors (Lipinski definition) is 4. The van der Waals surface area contributed by atoms with Crippen molar-refractivity contribution in [2.75, 3.05) is 31.1 Å². The summed E-state index contributed by atoms with van der Waals surface area (Å²) >= 11 is 0. The Kier molecular flexibility index (Phi) is 6.38. The molecule has 0 spiro atoms. The van der Waals surface area contributed by atoms with Gasteiger partial charge in [0.2, 0.25) is 5.91 Å². The molecule has 2 aliphatic rings. The predicted molar refractivity (Wildman–Crippen MR) is 98.4 cm³/mol. The highest BCUT2D eigenvalue weighted by atomic mass is 19.4. The normalized spacial score (nSPS) is 23.0. The van der Waals surface area contributed by atoms with E-state index in [-0.39, 0.29) is 50.6 Å². The second-order valence-electron chi connectivity index (χ2n) is 7.87. The molecule has 0 radical (unpaired) electrons. The van der Waals surface area contributed by atoms with Crippen LogP contribution in [0.2, 0.25) is 0 Å². The topological polar surface area (TPSA) is 66.7 Å². The number of amides is 1. The van der Waals surface area contributed by atoms with Crippen molar-refractivity contribution in [1.82, 2.24) is 4.90 Å². The standard InChI is InChI=1S/C19H21F6N3O3/c20-18(21,22)13-3-1-2-12(10-13)17(29)27-8-6-26(7-9-27)15-5-4-14(19(23,24)25)11-16(15)28(30)31/h4-5,11-13H,1-3,6-10H2. The molecular weight excluding hydrogens is 432 g/mol. The number of alkyl halides is 6.